The summed E-state index contributed by atoms with van der Waals surface area (Å²) in [5.41, 5.74) is 1.58. The summed E-state index contributed by atoms with van der Waals surface area (Å²) in [7, 11) is -2.90. The summed E-state index contributed by atoms with van der Waals surface area (Å²) in [4.78, 5) is 8.02. The fraction of sp³-hybridized carbons (Fsp3) is 0.429. The number of hydrogen-bond donors (Lipinski definition) is 0. The van der Waals surface area contributed by atoms with E-state index in [0.717, 1.165) is 11.3 Å². The third-order valence-corrected chi connectivity index (χ3v) is 3.91. The van der Waals surface area contributed by atoms with E-state index in [2.05, 4.69) is 25.9 Å². The highest BCUT2D eigenvalue weighted by atomic mass is 79.9. The maximum atomic E-state index is 11.2. The van der Waals surface area contributed by atoms with Crippen LogP contribution in [0.1, 0.15) is 11.3 Å². The summed E-state index contributed by atoms with van der Waals surface area (Å²) in [6.45, 7) is 0. The molecule has 1 aliphatic heterocycles. The van der Waals surface area contributed by atoms with Crippen LogP contribution in [0.3, 0.4) is 0 Å². The van der Waals surface area contributed by atoms with Crippen LogP contribution >= 0.6 is 15.9 Å². The van der Waals surface area contributed by atoms with Crippen molar-refractivity contribution in [2.75, 3.05) is 5.75 Å². The average Bonchev–Trinajstić information content (AvgIpc) is 2.05. The van der Waals surface area contributed by atoms with E-state index >= 15 is 0 Å². The number of hydrogen-bond acceptors (Lipinski definition) is 4. The Kier molecular flexibility index (Phi) is 2.11. The number of nitrogens with zero attached hydrogens (tertiary/aromatic N) is 2. The van der Waals surface area contributed by atoms with Crippen molar-refractivity contribution < 1.29 is 8.42 Å². The Morgan fingerprint density at radius 1 is 1.46 bits per heavy atom. The molecule has 0 amide bonds. The predicted molar refractivity (Wildman–Crippen MR) is 50.9 cm³/mol. The molecule has 2 heterocycles. The highest BCUT2D eigenvalue weighted by Crippen LogP contribution is 2.19. The van der Waals surface area contributed by atoms with E-state index in [0.29, 0.717) is 11.2 Å². The maximum Gasteiger partial charge on any atom is 0.196 e. The molecule has 0 fully saturated rings. The van der Waals surface area contributed by atoms with E-state index < -0.39 is 9.84 Å². The molecule has 0 saturated heterocycles. The second-order valence-corrected chi connectivity index (χ2v) is 5.85. The molecule has 0 spiro atoms. The van der Waals surface area contributed by atoms with Crippen LogP contribution < -0.4 is 0 Å². The molecule has 1 aromatic heterocycles. The molecular weight excluding hydrogens is 256 g/mol. The van der Waals surface area contributed by atoms with Crippen LogP contribution in [0.2, 0.25) is 0 Å². The quantitative estimate of drug-likeness (QED) is 0.647. The fourth-order valence-corrected chi connectivity index (χ4v) is 3.00. The van der Waals surface area contributed by atoms with Crippen LogP contribution in [0.4, 0.5) is 0 Å². The molecule has 70 valence electrons. The normalized spacial score (nSPS) is 19.5. The molecule has 0 atom stereocenters. The smallest absolute Gasteiger partial charge is 0.196 e. The van der Waals surface area contributed by atoms with Crippen molar-refractivity contribution in [3.05, 3.63) is 22.2 Å². The van der Waals surface area contributed by atoms with E-state index in [1.54, 1.807) is 6.20 Å². The van der Waals surface area contributed by atoms with Gasteiger partial charge in [0.2, 0.25) is 0 Å². The minimum Gasteiger partial charge on any atom is -0.230 e. The van der Waals surface area contributed by atoms with Gasteiger partial charge >= 0.3 is 0 Å². The number of sulfone groups is 1. The van der Waals surface area contributed by atoms with Gasteiger partial charge < -0.3 is 0 Å². The molecule has 4 nitrogen and oxygen atoms in total. The fourth-order valence-electron chi connectivity index (χ4n) is 1.32. The lowest BCUT2D eigenvalue weighted by Crippen LogP contribution is -2.20. The SMILES string of the molecule is O=S1(=O)CCc2nc(Br)ncc2C1. The van der Waals surface area contributed by atoms with Crippen LogP contribution in [0, 0.1) is 0 Å². The van der Waals surface area contributed by atoms with Gasteiger partial charge in [-0.05, 0) is 15.9 Å². The minimum absolute atomic E-state index is 0.0790. The Morgan fingerprint density at radius 3 is 3.00 bits per heavy atom. The van der Waals surface area contributed by atoms with Crippen molar-refractivity contribution in [3.8, 4) is 0 Å². The first-order chi connectivity index (χ1) is 6.07. The minimum atomic E-state index is -2.90. The summed E-state index contributed by atoms with van der Waals surface area (Å²) in [5, 5.41) is 0. The highest BCUT2D eigenvalue weighted by Gasteiger charge is 2.22. The molecular formula is C7H7BrN2O2S. The summed E-state index contributed by atoms with van der Waals surface area (Å²) in [5.74, 6) is 0.277. The summed E-state index contributed by atoms with van der Waals surface area (Å²) < 4.78 is 23.0. The first kappa shape index (κ1) is 9.08. The third kappa shape index (κ3) is 1.88. The van der Waals surface area contributed by atoms with Crippen LogP contribution in [0.25, 0.3) is 0 Å². The Morgan fingerprint density at radius 2 is 2.23 bits per heavy atom. The molecule has 0 aliphatic carbocycles. The van der Waals surface area contributed by atoms with Gasteiger partial charge in [0.25, 0.3) is 0 Å². The molecule has 13 heavy (non-hydrogen) atoms. The topological polar surface area (TPSA) is 59.9 Å². The van der Waals surface area contributed by atoms with Crippen LogP contribution in [-0.4, -0.2) is 24.1 Å². The van der Waals surface area contributed by atoms with Crippen LogP contribution in [0.15, 0.2) is 10.9 Å². The second-order valence-electron chi connectivity index (χ2n) is 2.95. The molecule has 1 aromatic rings. The molecule has 6 heteroatoms. The van der Waals surface area contributed by atoms with Gasteiger partial charge in [0.15, 0.2) is 14.6 Å². The van der Waals surface area contributed by atoms with E-state index in [-0.39, 0.29) is 11.5 Å². The van der Waals surface area contributed by atoms with E-state index in [1.807, 2.05) is 0 Å². The lowest BCUT2D eigenvalue weighted by molar-refractivity contribution is 0.590. The zero-order chi connectivity index (χ0) is 9.47. The molecule has 2 rings (SSSR count). The summed E-state index contributed by atoms with van der Waals surface area (Å²) in [6.07, 6.45) is 2.07. The van der Waals surface area contributed by atoms with Crippen molar-refractivity contribution in [1.82, 2.24) is 9.97 Å². The molecule has 0 aromatic carbocycles. The van der Waals surface area contributed by atoms with Crippen LogP contribution in [-0.2, 0) is 22.0 Å². The number of aromatic nitrogens is 2. The molecule has 0 N–H and O–H groups in total. The lowest BCUT2D eigenvalue weighted by Gasteiger charge is -2.14. The Labute approximate surface area is 84.5 Å². The Balaban J connectivity index is 2.48. The van der Waals surface area contributed by atoms with Gasteiger partial charge in [-0.3, -0.25) is 0 Å². The first-order valence-corrected chi connectivity index (χ1v) is 6.39. The monoisotopic (exact) mass is 262 g/mol. The predicted octanol–water partition coefficient (Wildman–Crippen LogP) is 0.710. The summed E-state index contributed by atoms with van der Waals surface area (Å²) in [6, 6.07) is 0. The standard InChI is InChI=1S/C7H7BrN2O2S/c8-7-9-3-5-4-13(11,12)2-1-6(5)10-7/h3H,1-2,4H2. The van der Waals surface area contributed by atoms with Crippen molar-refractivity contribution in [1.29, 1.82) is 0 Å². The Bertz CT molecular complexity index is 444. The van der Waals surface area contributed by atoms with E-state index in [1.165, 1.54) is 0 Å². The van der Waals surface area contributed by atoms with Gasteiger partial charge in [-0.15, -0.1) is 0 Å². The van der Waals surface area contributed by atoms with Crippen molar-refractivity contribution in [2.45, 2.75) is 12.2 Å². The number of aryl methyl sites for hydroxylation is 1. The van der Waals surface area contributed by atoms with Crippen LogP contribution in [0.5, 0.6) is 0 Å². The van der Waals surface area contributed by atoms with Gasteiger partial charge in [-0.1, -0.05) is 0 Å². The zero-order valence-electron chi connectivity index (χ0n) is 6.70. The zero-order valence-corrected chi connectivity index (χ0v) is 9.10. The molecule has 0 bridgehead atoms. The lowest BCUT2D eigenvalue weighted by atomic mass is 10.2. The van der Waals surface area contributed by atoms with Gasteiger partial charge in [-0.2, -0.15) is 0 Å². The van der Waals surface area contributed by atoms with Gasteiger partial charge in [0.05, 0.1) is 17.2 Å². The number of halogens is 1. The first-order valence-electron chi connectivity index (χ1n) is 3.77. The molecule has 0 saturated carbocycles. The average molecular weight is 263 g/mol. The largest absolute Gasteiger partial charge is 0.230 e. The van der Waals surface area contributed by atoms with E-state index in [9.17, 15) is 8.42 Å². The summed E-state index contributed by atoms with van der Waals surface area (Å²) >= 11 is 3.15. The van der Waals surface area contributed by atoms with Gasteiger partial charge in [0, 0.05) is 18.2 Å². The van der Waals surface area contributed by atoms with Gasteiger partial charge in [0.1, 0.15) is 0 Å². The Hall–Kier alpha value is -0.490. The van der Waals surface area contributed by atoms with Crippen molar-refractivity contribution in [2.24, 2.45) is 0 Å². The van der Waals surface area contributed by atoms with Crippen molar-refractivity contribution in [3.63, 3.8) is 0 Å². The second kappa shape index (κ2) is 3.02. The molecule has 0 unspecified atom stereocenters. The maximum absolute atomic E-state index is 11.2. The van der Waals surface area contributed by atoms with E-state index in [4.69, 9.17) is 0 Å². The number of fused-ring (bicyclic) bond motifs is 1. The third-order valence-electron chi connectivity index (χ3n) is 1.95. The molecule has 1 aliphatic rings. The highest BCUT2D eigenvalue weighted by molar-refractivity contribution is 9.10. The number of rotatable bonds is 0. The molecule has 0 radical (unpaired) electrons. The van der Waals surface area contributed by atoms with Crippen molar-refractivity contribution >= 4 is 25.8 Å². The van der Waals surface area contributed by atoms with Gasteiger partial charge in [-0.25, -0.2) is 18.4 Å².